The molecule has 0 aliphatic rings. The summed E-state index contributed by atoms with van der Waals surface area (Å²) < 4.78 is 27.0. The Morgan fingerprint density at radius 3 is 2.30 bits per heavy atom. The van der Waals surface area contributed by atoms with E-state index >= 15 is 0 Å². The lowest BCUT2D eigenvalue weighted by Crippen LogP contribution is -2.43. The van der Waals surface area contributed by atoms with Gasteiger partial charge in [-0.1, -0.05) is 49.8 Å². The second kappa shape index (κ2) is 6.65. The van der Waals surface area contributed by atoms with Crippen molar-refractivity contribution in [2.45, 2.75) is 44.9 Å². The zero-order valence-electron chi connectivity index (χ0n) is 12.1. The molecule has 0 aromatic heterocycles. The van der Waals surface area contributed by atoms with Crippen LogP contribution < -0.4 is 10.5 Å². The number of hydrogen-bond donors (Lipinski definition) is 2. The first-order valence-corrected chi connectivity index (χ1v) is 8.62. The van der Waals surface area contributed by atoms with Crippen LogP contribution in [0.4, 0.5) is 0 Å². The molecule has 0 saturated heterocycles. The molecule has 4 nitrogen and oxygen atoms in total. The Hall–Kier alpha value is -0.980. The van der Waals surface area contributed by atoms with E-state index in [1.807, 2.05) is 20.8 Å². The van der Waals surface area contributed by atoms with Gasteiger partial charge in [-0.05, 0) is 25.8 Å². The van der Waals surface area contributed by atoms with Gasteiger partial charge in [-0.15, -0.1) is 0 Å². The second-order valence-electron chi connectivity index (χ2n) is 5.56. The molecule has 0 saturated carbocycles. The molecule has 0 atom stereocenters. The molecule has 0 fully saturated rings. The molecule has 1 aromatic carbocycles. The van der Waals surface area contributed by atoms with E-state index in [1.54, 1.807) is 24.3 Å². The molecule has 0 unspecified atom stereocenters. The minimum Gasteiger partial charge on any atom is -0.389 e. The Balaban J connectivity index is 2.78. The van der Waals surface area contributed by atoms with E-state index in [0.29, 0.717) is 10.6 Å². The predicted molar refractivity (Wildman–Crippen MR) is 87.1 cm³/mol. The SMILES string of the molecule is CCCC(C)(C)NS(=O)(=O)Cc1ccc(C(N)=S)cc1. The maximum Gasteiger partial charge on any atom is 0.216 e. The molecule has 0 aliphatic heterocycles. The molecule has 0 radical (unpaired) electrons. The minimum absolute atomic E-state index is 0.0439. The highest BCUT2D eigenvalue weighted by atomic mass is 32.2. The second-order valence-corrected chi connectivity index (χ2v) is 7.72. The molecule has 0 amide bonds. The highest BCUT2D eigenvalue weighted by Crippen LogP contribution is 2.15. The van der Waals surface area contributed by atoms with Crippen LogP contribution in [0.3, 0.4) is 0 Å². The van der Waals surface area contributed by atoms with Gasteiger partial charge in [0.2, 0.25) is 10.0 Å². The van der Waals surface area contributed by atoms with E-state index in [4.69, 9.17) is 18.0 Å². The summed E-state index contributed by atoms with van der Waals surface area (Å²) >= 11 is 4.86. The summed E-state index contributed by atoms with van der Waals surface area (Å²) in [5.74, 6) is -0.0439. The van der Waals surface area contributed by atoms with E-state index in [2.05, 4.69) is 4.72 Å². The fourth-order valence-corrected chi connectivity index (χ4v) is 3.90. The third-order valence-electron chi connectivity index (χ3n) is 2.90. The first-order chi connectivity index (χ1) is 9.15. The third-order valence-corrected chi connectivity index (χ3v) is 4.71. The Kier molecular flexibility index (Phi) is 5.68. The molecule has 0 heterocycles. The summed E-state index contributed by atoms with van der Waals surface area (Å²) in [5.41, 5.74) is 6.53. The topological polar surface area (TPSA) is 72.2 Å². The van der Waals surface area contributed by atoms with E-state index in [1.165, 1.54) is 0 Å². The van der Waals surface area contributed by atoms with Crippen molar-refractivity contribution in [2.75, 3.05) is 0 Å². The van der Waals surface area contributed by atoms with Gasteiger partial charge in [0.1, 0.15) is 4.99 Å². The van der Waals surface area contributed by atoms with Crippen LogP contribution in [0, 0.1) is 0 Å². The van der Waals surface area contributed by atoms with E-state index in [0.717, 1.165) is 18.4 Å². The molecule has 3 N–H and O–H groups in total. The standard InChI is InChI=1S/C14H22N2O2S2/c1-4-9-14(2,3)16-20(17,18)10-11-5-7-12(8-6-11)13(15)19/h5-8,16H,4,9-10H2,1-3H3,(H2,15,19). The highest BCUT2D eigenvalue weighted by molar-refractivity contribution is 7.88. The Labute approximate surface area is 126 Å². The molecule has 0 bridgehead atoms. The number of thiocarbonyl (C=S) groups is 1. The highest BCUT2D eigenvalue weighted by Gasteiger charge is 2.24. The van der Waals surface area contributed by atoms with Crippen LogP contribution >= 0.6 is 12.2 Å². The lowest BCUT2D eigenvalue weighted by molar-refractivity contribution is 0.417. The van der Waals surface area contributed by atoms with Crippen LogP contribution in [0.5, 0.6) is 0 Å². The van der Waals surface area contributed by atoms with Crippen molar-refractivity contribution < 1.29 is 8.42 Å². The molecular formula is C14H22N2O2S2. The zero-order chi connectivity index (χ0) is 15.4. The van der Waals surface area contributed by atoms with Crippen LogP contribution in [0.2, 0.25) is 0 Å². The van der Waals surface area contributed by atoms with Crippen molar-refractivity contribution in [3.8, 4) is 0 Å². The number of nitrogens with one attached hydrogen (secondary N) is 1. The molecule has 0 aliphatic carbocycles. The predicted octanol–water partition coefficient (Wildman–Crippen LogP) is 2.32. The normalized spacial score (nSPS) is 12.3. The third kappa shape index (κ3) is 5.56. The van der Waals surface area contributed by atoms with Gasteiger partial charge < -0.3 is 5.73 Å². The van der Waals surface area contributed by atoms with Gasteiger partial charge in [-0.3, -0.25) is 0 Å². The van der Waals surface area contributed by atoms with Crippen LogP contribution in [0.1, 0.15) is 44.7 Å². The van der Waals surface area contributed by atoms with E-state index in [9.17, 15) is 8.42 Å². The van der Waals surface area contributed by atoms with Crippen LogP contribution in [-0.2, 0) is 15.8 Å². The van der Waals surface area contributed by atoms with Crippen LogP contribution in [0.25, 0.3) is 0 Å². The monoisotopic (exact) mass is 314 g/mol. The summed E-state index contributed by atoms with van der Waals surface area (Å²) in [6.07, 6.45) is 1.73. The summed E-state index contributed by atoms with van der Waals surface area (Å²) in [7, 11) is -3.36. The molecule has 0 spiro atoms. The van der Waals surface area contributed by atoms with Gasteiger partial charge >= 0.3 is 0 Å². The number of hydrogen-bond acceptors (Lipinski definition) is 3. The van der Waals surface area contributed by atoms with Gasteiger partial charge in [0.15, 0.2) is 0 Å². The Morgan fingerprint density at radius 2 is 1.85 bits per heavy atom. The molecule has 20 heavy (non-hydrogen) atoms. The fraction of sp³-hybridized carbons (Fsp3) is 0.500. The van der Waals surface area contributed by atoms with Crippen molar-refractivity contribution >= 4 is 27.2 Å². The molecular weight excluding hydrogens is 292 g/mol. The van der Waals surface area contributed by atoms with Crippen molar-refractivity contribution in [3.05, 3.63) is 35.4 Å². The summed E-state index contributed by atoms with van der Waals surface area (Å²) in [6, 6.07) is 6.95. The van der Waals surface area contributed by atoms with Crippen molar-refractivity contribution in [2.24, 2.45) is 5.73 Å². The van der Waals surface area contributed by atoms with Crippen molar-refractivity contribution in [1.29, 1.82) is 0 Å². The van der Waals surface area contributed by atoms with Gasteiger partial charge in [0, 0.05) is 11.1 Å². The zero-order valence-corrected chi connectivity index (χ0v) is 13.8. The number of benzene rings is 1. The van der Waals surface area contributed by atoms with E-state index in [-0.39, 0.29) is 5.75 Å². The fourth-order valence-electron chi connectivity index (χ4n) is 2.12. The summed E-state index contributed by atoms with van der Waals surface area (Å²) in [5, 5.41) is 0. The molecule has 112 valence electrons. The molecule has 1 aromatic rings. The summed E-state index contributed by atoms with van der Waals surface area (Å²) in [6.45, 7) is 5.82. The largest absolute Gasteiger partial charge is 0.389 e. The first kappa shape index (κ1) is 17.1. The summed E-state index contributed by atoms with van der Waals surface area (Å²) in [4.78, 5) is 0.307. The van der Waals surface area contributed by atoms with Crippen LogP contribution in [0.15, 0.2) is 24.3 Å². The van der Waals surface area contributed by atoms with Crippen molar-refractivity contribution in [3.63, 3.8) is 0 Å². The van der Waals surface area contributed by atoms with Gasteiger partial charge in [0.25, 0.3) is 0 Å². The Morgan fingerprint density at radius 1 is 1.30 bits per heavy atom. The maximum absolute atomic E-state index is 12.1. The van der Waals surface area contributed by atoms with Crippen LogP contribution in [-0.4, -0.2) is 18.9 Å². The lowest BCUT2D eigenvalue weighted by atomic mass is 10.0. The number of rotatable bonds is 7. The Bertz CT molecular complexity index is 563. The number of sulfonamides is 1. The minimum atomic E-state index is -3.36. The molecule has 1 rings (SSSR count). The van der Waals surface area contributed by atoms with E-state index < -0.39 is 15.6 Å². The molecule has 6 heteroatoms. The number of nitrogens with two attached hydrogens (primary N) is 1. The average molecular weight is 314 g/mol. The average Bonchev–Trinajstić information content (AvgIpc) is 2.26. The first-order valence-electron chi connectivity index (χ1n) is 6.55. The van der Waals surface area contributed by atoms with Crippen molar-refractivity contribution in [1.82, 2.24) is 4.72 Å². The maximum atomic E-state index is 12.1. The lowest BCUT2D eigenvalue weighted by Gasteiger charge is -2.25. The van der Waals surface area contributed by atoms with Gasteiger partial charge in [-0.25, -0.2) is 13.1 Å². The quantitative estimate of drug-likeness (QED) is 0.758. The van der Waals surface area contributed by atoms with Gasteiger partial charge in [-0.2, -0.15) is 0 Å². The smallest absolute Gasteiger partial charge is 0.216 e. The van der Waals surface area contributed by atoms with Gasteiger partial charge in [0.05, 0.1) is 5.75 Å².